The number of fused-ring (bicyclic) bond motifs is 1. The predicted molar refractivity (Wildman–Crippen MR) is 136 cm³/mol. The number of benzene rings is 2. The molecule has 1 amide bonds. The third-order valence-electron chi connectivity index (χ3n) is 5.42. The summed E-state index contributed by atoms with van der Waals surface area (Å²) in [4.78, 5) is 23.5. The van der Waals surface area contributed by atoms with Gasteiger partial charge in [0.2, 0.25) is 5.91 Å². The maximum Gasteiger partial charge on any atom is 0.228 e. The first-order valence-electron chi connectivity index (χ1n) is 11.1. The Morgan fingerprint density at radius 2 is 1.71 bits per heavy atom. The second-order valence-corrected chi connectivity index (χ2v) is 9.98. The summed E-state index contributed by atoms with van der Waals surface area (Å²) < 4.78 is 1.14. The van der Waals surface area contributed by atoms with Crippen molar-refractivity contribution in [3.63, 3.8) is 0 Å². The zero-order valence-electron chi connectivity index (χ0n) is 19.1. The van der Waals surface area contributed by atoms with Crippen LogP contribution in [0.3, 0.4) is 0 Å². The summed E-state index contributed by atoms with van der Waals surface area (Å²) in [6.07, 6.45) is 1.41. The van der Waals surface area contributed by atoms with Gasteiger partial charge in [-0.05, 0) is 68.9 Å². The van der Waals surface area contributed by atoms with E-state index in [0.717, 1.165) is 47.2 Å². The Balaban J connectivity index is 1.65. The van der Waals surface area contributed by atoms with Crippen LogP contribution in [0.25, 0.3) is 10.2 Å². The van der Waals surface area contributed by atoms with Crippen molar-refractivity contribution in [1.29, 1.82) is 0 Å². The number of amides is 1. The zero-order valence-corrected chi connectivity index (χ0v) is 20.7. The molecule has 0 fully saturated rings. The molecule has 0 atom stereocenters. The van der Waals surface area contributed by atoms with Crippen molar-refractivity contribution in [3.8, 4) is 0 Å². The van der Waals surface area contributed by atoms with Crippen molar-refractivity contribution in [2.24, 2.45) is 0 Å². The van der Waals surface area contributed by atoms with Crippen LogP contribution in [0.4, 0.5) is 5.13 Å². The summed E-state index contributed by atoms with van der Waals surface area (Å²) in [5, 5.41) is 0.823. The predicted octanol–water partition coefficient (Wildman–Crippen LogP) is 6.16. The third-order valence-corrected chi connectivity index (χ3v) is 7.56. The Kier molecular flexibility index (Phi) is 8.93. The fourth-order valence-electron chi connectivity index (χ4n) is 3.43. The van der Waals surface area contributed by atoms with E-state index in [1.54, 1.807) is 11.3 Å². The van der Waals surface area contributed by atoms with Crippen molar-refractivity contribution < 1.29 is 4.79 Å². The number of hydrogen-bond donors (Lipinski definition) is 0. The van der Waals surface area contributed by atoms with Gasteiger partial charge >= 0.3 is 0 Å². The lowest BCUT2D eigenvalue weighted by molar-refractivity contribution is -0.118. The highest BCUT2D eigenvalue weighted by Gasteiger charge is 2.20. The number of aromatic nitrogens is 1. The van der Waals surface area contributed by atoms with Crippen molar-refractivity contribution in [2.45, 2.75) is 45.4 Å². The van der Waals surface area contributed by atoms with Gasteiger partial charge in [0, 0.05) is 24.4 Å². The summed E-state index contributed by atoms with van der Waals surface area (Å²) in [6.45, 7) is 12.1. The lowest BCUT2D eigenvalue weighted by Crippen LogP contribution is -2.38. The van der Waals surface area contributed by atoms with Gasteiger partial charge in [-0.3, -0.25) is 9.69 Å². The molecule has 0 saturated carbocycles. The van der Waals surface area contributed by atoms with Crippen LogP contribution in [0.5, 0.6) is 0 Å². The van der Waals surface area contributed by atoms with Gasteiger partial charge in [0.25, 0.3) is 0 Å². The molecule has 166 valence electrons. The monoisotopic (exact) mass is 455 g/mol. The molecule has 2 aromatic carbocycles. The number of carbonyl (C=O) groups excluding carboxylic acids is 1. The average molecular weight is 456 g/mol. The molecule has 0 aliphatic rings. The van der Waals surface area contributed by atoms with Crippen LogP contribution in [-0.4, -0.2) is 47.7 Å². The molecule has 0 aliphatic carbocycles. The van der Waals surface area contributed by atoms with Crippen molar-refractivity contribution >= 4 is 44.4 Å². The molecule has 0 radical (unpaired) electrons. The van der Waals surface area contributed by atoms with E-state index in [9.17, 15) is 4.79 Å². The quantitative estimate of drug-likeness (QED) is 0.256. The van der Waals surface area contributed by atoms with Gasteiger partial charge in [-0.25, -0.2) is 4.98 Å². The SMILES string of the molecule is CCN(CC)CCN(C(=O)CCCSc1ccc(C)cc1)c1nc2ccc(C)cc2s1. The molecule has 1 heterocycles. The minimum atomic E-state index is 0.174. The largest absolute Gasteiger partial charge is 0.302 e. The Labute approximate surface area is 194 Å². The molecule has 0 unspecified atom stereocenters. The molecule has 1 aromatic heterocycles. The summed E-state index contributed by atoms with van der Waals surface area (Å²) in [6, 6.07) is 14.9. The molecular weight excluding hydrogens is 422 g/mol. The highest BCUT2D eigenvalue weighted by atomic mass is 32.2. The summed E-state index contributed by atoms with van der Waals surface area (Å²) in [5.41, 5.74) is 3.47. The number of thiazole rings is 1. The van der Waals surface area contributed by atoms with E-state index in [4.69, 9.17) is 4.98 Å². The highest BCUT2D eigenvalue weighted by molar-refractivity contribution is 7.99. The molecule has 0 aliphatic heterocycles. The summed E-state index contributed by atoms with van der Waals surface area (Å²) in [7, 11) is 0. The molecular formula is C25H33N3OS2. The molecule has 6 heteroatoms. The fraction of sp³-hybridized carbons (Fsp3) is 0.440. The number of hydrogen-bond acceptors (Lipinski definition) is 5. The first kappa shape index (κ1) is 23.8. The van der Waals surface area contributed by atoms with E-state index >= 15 is 0 Å². The van der Waals surface area contributed by atoms with Gasteiger partial charge in [-0.1, -0.05) is 48.9 Å². The molecule has 0 N–H and O–H groups in total. The van der Waals surface area contributed by atoms with Crippen LogP contribution in [0.2, 0.25) is 0 Å². The van der Waals surface area contributed by atoms with E-state index in [0.29, 0.717) is 13.0 Å². The molecule has 0 saturated heterocycles. The maximum atomic E-state index is 13.2. The Bertz CT molecular complexity index is 980. The highest BCUT2D eigenvalue weighted by Crippen LogP contribution is 2.30. The van der Waals surface area contributed by atoms with Crippen LogP contribution < -0.4 is 4.90 Å². The molecule has 4 nitrogen and oxygen atoms in total. The normalized spacial score (nSPS) is 11.4. The number of aryl methyl sites for hydroxylation is 2. The van der Waals surface area contributed by atoms with Crippen LogP contribution in [-0.2, 0) is 4.79 Å². The van der Waals surface area contributed by atoms with Crippen molar-refractivity contribution in [2.75, 3.05) is 36.8 Å². The topological polar surface area (TPSA) is 36.4 Å². The van der Waals surface area contributed by atoms with Gasteiger partial charge in [0.05, 0.1) is 10.2 Å². The number of likely N-dealkylation sites (N-methyl/N-ethyl adjacent to an activating group) is 1. The van der Waals surface area contributed by atoms with Crippen LogP contribution in [0, 0.1) is 13.8 Å². The Morgan fingerprint density at radius 1 is 1.00 bits per heavy atom. The minimum Gasteiger partial charge on any atom is -0.302 e. The van der Waals surface area contributed by atoms with E-state index in [-0.39, 0.29) is 5.91 Å². The molecule has 31 heavy (non-hydrogen) atoms. The van der Waals surface area contributed by atoms with Gasteiger partial charge in [-0.2, -0.15) is 0 Å². The average Bonchev–Trinajstić information content (AvgIpc) is 3.18. The lowest BCUT2D eigenvalue weighted by Gasteiger charge is -2.24. The van der Waals surface area contributed by atoms with Crippen molar-refractivity contribution in [3.05, 3.63) is 53.6 Å². The van der Waals surface area contributed by atoms with Gasteiger partial charge in [0.1, 0.15) is 0 Å². The zero-order chi connectivity index (χ0) is 22.2. The number of anilines is 1. The van der Waals surface area contributed by atoms with Crippen LogP contribution in [0.1, 0.15) is 37.8 Å². The third kappa shape index (κ3) is 6.79. The number of nitrogens with zero attached hydrogens (tertiary/aromatic N) is 3. The molecule has 0 spiro atoms. The second-order valence-electron chi connectivity index (χ2n) is 7.80. The van der Waals surface area contributed by atoms with Crippen LogP contribution >= 0.6 is 23.1 Å². The summed E-state index contributed by atoms with van der Waals surface area (Å²) in [5.74, 6) is 1.12. The Hall–Kier alpha value is -1.89. The van der Waals surface area contributed by atoms with Gasteiger partial charge < -0.3 is 4.90 Å². The van der Waals surface area contributed by atoms with E-state index < -0.39 is 0 Å². The minimum absolute atomic E-state index is 0.174. The van der Waals surface area contributed by atoms with E-state index in [1.807, 2.05) is 16.7 Å². The standard InChI is InChI=1S/C25H33N3OS2/c1-5-27(6-2)15-16-28(25-26-22-14-11-20(4)18-23(22)31-25)24(29)8-7-17-30-21-12-9-19(3)10-13-21/h9-14,18H,5-8,15-17H2,1-4H3. The first-order valence-corrected chi connectivity index (χ1v) is 12.9. The summed E-state index contributed by atoms with van der Waals surface area (Å²) >= 11 is 3.44. The van der Waals surface area contributed by atoms with Gasteiger partial charge in [-0.15, -0.1) is 11.8 Å². The van der Waals surface area contributed by atoms with Crippen molar-refractivity contribution in [1.82, 2.24) is 9.88 Å². The number of thioether (sulfide) groups is 1. The maximum absolute atomic E-state index is 13.2. The van der Waals surface area contributed by atoms with E-state index in [2.05, 4.69) is 75.1 Å². The van der Waals surface area contributed by atoms with Gasteiger partial charge in [0.15, 0.2) is 5.13 Å². The molecule has 3 rings (SSSR count). The second kappa shape index (κ2) is 11.7. The number of rotatable bonds is 11. The van der Waals surface area contributed by atoms with E-state index in [1.165, 1.54) is 16.0 Å². The lowest BCUT2D eigenvalue weighted by atomic mass is 10.2. The first-order chi connectivity index (χ1) is 15.0. The molecule has 3 aromatic rings. The molecule has 0 bridgehead atoms. The number of carbonyl (C=O) groups is 1. The fourth-order valence-corrected chi connectivity index (χ4v) is 5.39. The Morgan fingerprint density at radius 3 is 2.42 bits per heavy atom. The smallest absolute Gasteiger partial charge is 0.228 e. The van der Waals surface area contributed by atoms with Crippen LogP contribution in [0.15, 0.2) is 47.4 Å².